The number of anilines is 1. The van der Waals surface area contributed by atoms with Crippen LogP contribution in [0.15, 0.2) is 47.8 Å². The number of ether oxygens (including phenoxy) is 1. The molecule has 3 aromatic rings. The van der Waals surface area contributed by atoms with Gasteiger partial charge in [0.2, 0.25) is 5.91 Å². The number of nitrogens with zero attached hydrogens (tertiary/aromatic N) is 1. The minimum absolute atomic E-state index is 0.130. The smallest absolute Gasteiger partial charge is 0.251 e. The fourth-order valence-electron chi connectivity index (χ4n) is 2.69. The second kappa shape index (κ2) is 8.67. The molecule has 6 nitrogen and oxygen atoms in total. The molecule has 0 radical (unpaired) electrons. The maximum atomic E-state index is 12.2. The van der Waals surface area contributed by atoms with E-state index in [1.165, 1.54) is 11.3 Å². The van der Waals surface area contributed by atoms with E-state index in [1.54, 1.807) is 25.3 Å². The van der Waals surface area contributed by atoms with E-state index in [9.17, 15) is 9.59 Å². The van der Waals surface area contributed by atoms with Crippen LogP contribution in [-0.2, 0) is 4.79 Å². The molecule has 2 aromatic carbocycles. The van der Waals surface area contributed by atoms with Gasteiger partial charge in [0.25, 0.3) is 5.91 Å². The fraction of sp³-hybridized carbons (Fsp3) is 0.190. The maximum Gasteiger partial charge on any atom is 0.251 e. The maximum absolute atomic E-state index is 12.2. The van der Waals surface area contributed by atoms with Crippen molar-refractivity contribution >= 4 is 28.3 Å². The van der Waals surface area contributed by atoms with Gasteiger partial charge in [0, 0.05) is 16.5 Å². The number of rotatable bonds is 6. The number of thiazole rings is 1. The lowest BCUT2D eigenvalue weighted by atomic mass is 10.1. The summed E-state index contributed by atoms with van der Waals surface area (Å²) in [6.45, 7) is 3.77. The van der Waals surface area contributed by atoms with Gasteiger partial charge in [0.05, 0.1) is 19.3 Å². The van der Waals surface area contributed by atoms with Crippen LogP contribution in [0.2, 0.25) is 0 Å². The number of carbonyl (C=O) groups excluding carboxylic acids is 2. The number of aryl methyl sites for hydroxylation is 2. The number of aromatic nitrogens is 1. The SMILES string of the molecule is COc1ccc(C)cc1-c1csc(NC(=O)CNC(=O)c2cccc(C)c2)n1. The van der Waals surface area contributed by atoms with Crippen LogP contribution in [0, 0.1) is 13.8 Å². The molecule has 0 aliphatic heterocycles. The van der Waals surface area contributed by atoms with Crippen molar-refractivity contribution in [2.24, 2.45) is 0 Å². The highest BCUT2D eigenvalue weighted by Crippen LogP contribution is 2.32. The minimum atomic E-state index is -0.335. The molecule has 2 N–H and O–H groups in total. The molecule has 0 atom stereocenters. The summed E-state index contributed by atoms with van der Waals surface area (Å²) >= 11 is 1.32. The number of amides is 2. The molecule has 28 heavy (non-hydrogen) atoms. The van der Waals surface area contributed by atoms with E-state index < -0.39 is 0 Å². The van der Waals surface area contributed by atoms with Crippen LogP contribution in [0.25, 0.3) is 11.3 Å². The molecule has 0 fully saturated rings. The highest BCUT2D eigenvalue weighted by Gasteiger charge is 2.13. The Balaban J connectivity index is 1.61. The van der Waals surface area contributed by atoms with Crippen molar-refractivity contribution in [2.45, 2.75) is 13.8 Å². The summed E-state index contributed by atoms with van der Waals surface area (Å²) in [6, 6.07) is 13.0. The van der Waals surface area contributed by atoms with Crippen LogP contribution in [0.4, 0.5) is 5.13 Å². The second-order valence-electron chi connectivity index (χ2n) is 6.34. The zero-order valence-electron chi connectivity index (χ0n) is 15.9. The van der Waals surface area contributed by atoms with Gasteiger partial charge in [-0.1, -0.05) is 29.3 Å². The fourth-order valence-corrected chi connectivity index (χ4v) is 3.42. The van der Waals surface area contributed by atoms with Crippen molar-refractivity contribution in [1.82, 2.24) is 10.3 Å². The molecular weight excluding hydrogens is 374 g/mol. The average Bonchev–Trinajstić information content (AvgIpc) is 3.14. The summed E-state index contributed by atoms with van der Waals surface area (Å²) in [7, 11) is 1.61. The number of hydrogen-bond donors (Lipinski definition) is 2. The van der Waals surface area contributed by atoms with Gasteiger partial charge in [-0.3, -0.25) is 9.59 Å². The first-order chi connectivity index (χ1) is 13.5. The van der Waals surface area contributed by atoms with Gasteiger partial charge in [-0.05, 0) is 38.1 Å². The van der Waals surface area contributed by atoms with Crippen LogP contribution in [-0.4, -0.2) is 30.5 Å². The summed E-state index contributed by atoms with van der Waals surface area (Å²) < 4.78 is 5.39. The van der Waals surface area contributed by atoms with Crippen LogP contribution >= 0.6 is 11.3 Å². The molecule has 0 aliphatic carbocycles. The Morgan fingerprint density at radius 2 is 1.89 bits per heavy atom. The Morgan fingerprint density at radius 3 is 2.64 bits per heavy atom. The topological polar surface area (TPSA) is 80.3 Å². The third-order valence-corrected chi connectivity index (χ3v) is 4.83. The Morgan fingerprint density at radius 1 is 1.11 bits per heavy atom. The lowest BCUT2D eigenvalue weighted by Gasteiger charge is -2.07. The molecule has 2 amide bonds. The highest BCUT2D eigenvalue weighted by atomic mass is 32.1. The first-order valence-electron chi connectivity index (χ1n) is 8.71. The molecule has 7 heteroatoms. The molecule has 0 aliphatic rings. The third kappa shape index (κ3) is 4.75. The Hall–Kier alpha value is -3.19. The van der Waals surface area contributed by atoms with Gasteiger partial charge in [0.15, 0.2) is 5.13 Å². The average molecular weight is 395 g/mol. The first-order valence-corrected chi connectivity index (χ1v) is 9.59. The molecule has 0 unspecified atom stereocenters. The number of carbonyl (C=O) groups is 2. The second-order valence-corrected chi connectivity index (χ2v) is 7.20. The number of nitrogens with one attached hydrogen (secondary N) is 2. The lowest BCUT2D eigenvalue weighted by molar-refractivity contribution is -0.115. The molecule has 0 spiro atoms. The number of benzene rings is 2. The first kappa shape index (κ1) is 19.6. The molecule has 0 saturated carbocycles. The third-order valence-electron chi connectivity index (χ3n) is 4.07. The van der Waals surface area contributed by atoms with Crippen molar-refractivity contribution in [1.29, 1.82) is 0 Å². The summed E-state index contributed by atoms with van der Waals surface area (Å²) in [5.74, 6) is 0.0977. The van der Waals surface area contributed by atoms with Gasteiger partial charge in [-0.15, -0.1) is 11.3 Å². The van der Waals surface area contributed by atoms with Crippen LogP contribution in [0.1, 0.15) is 21.5 Å². The van der Waals surface area contributed by atoms with E-state index in [0.29, 0.717) is 10.7 Å². The van der Waals surface area contributed by atoms with E-state index in [4.69, 9.17) is 4.74 Å². The zero-order valence-corrected chi connectivity index (χ0v) is 16.7. The Labute approximate surface area is 167 Å². The molecule has 0 bridgehead atoms. The largest absolute Gasteiger partial charge is 0.496 e. The van der Waals surface area contributed by atoms with Crippen molar-refractivity contribution in [3.8, 4) is 17.0 Å². The van der Waals surface area contributed by atoms with Gasteiger partial charge < -0.3 is 15.4 Å². The van der Waals surface area contributed by atoms with Crippen molar-refractivity contribution in [2.75, 3.05) is 19.0 Å². The van der Waals surface area contributed by atoms with E-state index in [1.807, 2.05) is 43.5 Å². The summed E-state index contributed by atoms with van der Waals surface area (Å²) in [6.07, 6.45) is 0. The van der Waals surface area contributed by atoms with Crippen molar-refractivity contribution < 1.29 is 14.3 Å². The van der Waals surface area contributed by atoms with E-state index >= 15 is 0 Å². The summed E-state index contributed by atoms with van der Waals surface area (Å²) in [5.41, 5.74) is 4.19. The van der Waals surface area contributed by atoms with Gasteiger partial charge in [-0.2, -0.15) is 0 Å². The van der Waals surface area contributed by atoms with E-state index in [2.05, 4.69) is 15.6 Å². The Kier molecular flexibility index (Phi) is 6.06. The van der Waals surface area contributed by atoms with Crippen LogP contribution < -0.4 is 15.4 Å². The van der Waals surface area contributed by atoms with Crippen molar-refractivity contribution in [3.05, 3.63) is 64.5 Å². The lowest BCUT2D eigenvalue weighted by Crippen LogP contribution is -2.32. The molecule has 1 aromatic heterocycles. The van der Waals surface area contributed by atoms with Crippen LogP contribution in [0.3, 0.4) is 0 Å². The van der Waals surface area contributed by atoms with Gasteiger partial charge in [-0.25, -0.2) is 4.98 Å². The highest BCUT2D eigenvalue weighted by molar-refractivity contribution is 7.14. The molecular formula is C21H21N3O3S. The monoisotopic (exact) mass is 395 g/mol. The quantitative estimate of drug-likeness (QED) is 0.665. The van der Waals surface area contributed by atoms with Gasteiger partial charge >= 0.3 is 0 Å². The molecule has 144 valence electrons. The molecule has 1 heterocycles. The van der Waals surface area contributed by atoms with E-state index in [0.717, 1.165) is 28.1 Å². The zero-order chi connectivity index (χ0) is 20.1. The number of hydrogen-bond acceptors (Lipinski definition) is 5. The van der Waals surface area contributed by atoms with Crippen LogP contribution in [0.5, 0.6) is 5.75 Å². The predicted molar refractivity (Wildman–Crippen MR) is 111 cm³/mol. The predicted octanol–water partition coefficient (Wildman–Crippen LogP) is 3.80. The normalized spacial score (nSPS) is 10.4. The number of methoxy groups -OCH3 is 1. The molecule has 0 saturated heterocycles. The van der Waals surface area contributed by atoms with Crippen molar-refractivity contribution in [3.63, 3.8) is 0 Å². The van der Waals surface area contributed by atoms with E-state index in [-0.39, 0.29) is 18.4 Å². The van der Waals surface area contributed by atoms with Gasteiger partial charge in [0.1, 0.15) is 5.75 Å². The standard InChI is InChI=1S/C21H21N3O3S/c1-13-5-4-6-15(9-13)20(26)22-11-19(25)24-21-23-17(12-28-21)16-10-14(2)7-8-18(16)27-3/h4-10,12H,11H2,1-3H3,(H,22,26)(H,23,24,25). The Bertz CT molecular complexity index is 1010. The summed E-state index contributed by atoms with van der Waals surface area (Å²) in [4.78, 5) is 28.7. The molecule has 3 rings (SSSR count). The minimum Gasteiger partial charge on any atom is -0.496 e. The summed E-state index contributed by atoms with van der Waals surface area (Å²) in [5, 5.41) is 7.66.